The first-order chi connectivity index (χ1) is 15.9. The van der Waals surface area contributed by atoms with Gasteiger partial charge in [0.25, 0.3) is 5.91 Å². The van der Waals surface area contributed by atoms with Crippen LogP contribution in [-0.2, 0) is 20.6 Å². The summed E-state index contributed by atoms with van der Waals surface area (Å²) in [5.41, 5.74) is 1.45. The fourth-order valence-electron chi connectivity index (χ4n) is 5.32. The highest BCUT2D eigenvalue weighted by molar-refractivity contribution is 6.08. The van der Waals surface area contributed by atoms with Gasteiger partial charge in [-0.2, -0.15) is 0 Å². The number of anilines is 2. The summed E-state index contributed by atoms with van der Waals surface area (Å²) in [7, 11) is 1.81. The molecule has 7 nitrogen and oxygen atoms in total. The molecule has 0 fully saturated rings. The van der Waals surface area contributed by atoms with Gasteiger partial charge < -0.3 is 25.7 Å². The number of amides is 2. The third kappa shape index (κ3) is 4.39. The zero-order valence-corrected chi connectivity index (χ0v) is 21.2. The molecule has 0 unspecified atom stereocenters. The van der Waals surface area contributed by atoms with E-state index < -0.39 is 29.0 Å². The van der Waals surface area contributed by atoms with Gasteiger partial charge in [-0.15, -0.1) is 6.58 Å². The molecular weight excluding hydrogens is 430 g/mol. The van der Waals surface area contributed by atoms with E-state index >= 15 is 0 Å². The number of hydrogen-bond donors (Lipinski definition) is 4. The number of nitrogens with one attached hydrogen (secondary N) is 2. The second kappa shape index (κ2) is 9.55. The van der Waals surface area contributed by atoms with Gasteiger partial charge >= 0.3 is 0 Å². The quantitative estimate of drug-likeness (QED) is 0.459. The van der Waals surface area contributed by atoms with Gasteiger partial charge in [-0.3, -0.25) is 9.59 Å². The molecule has 3 rings (SSSR count). The van der Waals surface area contributed by atoms with Gasteiger partial charge in [-0.05, 0) is 44.2 Å². The Morgan fingerprint density at radius 1 is 1.35 bits per heavy atom. The fraction of sp³-hybridized carbons (Fsp3) is 0.556. The molecule has 2 amide bonds. The summed E-state index contributed by atoms with van der Waals surface area (Å²) < 4.78 is 0. The van der Waals surface area contributed by atoms with Crippen LogP contribution in [-0.4, -0.2) is 47.8 Å². The lowest BCUT2D eigenvalue weighted by Crippen LogP contribution is -2.52. The molecule has 0 bridgehead atoms. The van der Waals surface area contributed by atoms with Gasteiger partial charge in [0.05, 0.1) is 18.3 Å². The molecule has 4 atom stereocenters. The number of allylic oxidation sites excluding steroid dienone is 3. The van der Waals surface area contributed by atoms with Crippen LogP contribution in [0.5, 0.6) is 0 Å². The molecule has 2 aliphatic heterocycles. The Labute approximate surface area is 202 Å². The molecule has 1 aromatic carbocycles. The average Bonchev–Trinajstić information content (AvgIpc) is 3.03. The highest BCUT2D eigenvalue weighted by atomic mass is 16.3. The zero-order chi connectivity index (χ0) is 25.4. The number of benzene rings is 1. The molecule has 4 N–H and O–H groups in total. The minimum absolute atomic E-state index is 0.0431. The van der Waals surface area contributed by atoms with Crippen molar-refractivity contribution in [2.45, 2.75) is 77.0 Å². The summed E-state index contributed by atoms with van der Waals surface area (Å²) in [5, 5.41) is 27.5. The number of nitrogens with zero attached hydrogens (tertiary/aromatic N) is 1. The first-order valence-electron chi connectivity index (χ1n) is 12.0. The molecule has 34 heavy (non-hydrogen) atoms. The van der Waals surface area contributed by atoms with Crippen molar-refractivity contribution in [1.82, 2.24) is 5.32 Å². The topological polar surface area (TPSA) is 102 Å². The van der Waals surface area contributed by atoms with Gasteiger partial charge in [-0.25, -0.2) is 0 Å². The summed E-state index contributed by atoms with van der Waals surface area (Å²) in [4.78, 5) is 28.2. The van der Waals surface area contributed by atoms with E-state index in [0.29, 0.717) is 16.9 Å². The highest BCUT2D eigenvalue weighted by Gasteiger charge is 2.52. The summed E-state index contributed by atoms with van der Waals surface area (Å²) in [6.07, 6.45) is 5.58. The number of carbonyl (C=O) groups excluding carboxylic acids is 2. The van der Waals surface area contributed by atoms with E-state index in [1.807, 2.05) is 44.0 Å². The largest absolute Gasteiger partial charge is 0.394 e. The minimum atomic E-state index is -1.89. The monoisotopic (exact) mass is 469 g/mol. The highest BCUT2D eigenvalue weighted by Crippen LogP contribution is 2.50. The van der Waals surface area contributed by atoms with Crippen LogP contribution >= 0.6 is 0 Å². The molecule has 7 heteroatoms. The zero-order valence-electron chi connectivity index (χ0n) is 21.2. The SMILES string of the molecule is C=C[C@@](C)(CCC=C(C)C)c1ccc2c3c1NC(=O)[C@@]3(O)C[C@@H](CO)NC(=O)[C@H](C(C)C)N2C. The Morgan fingerprint density at radius 2 is 2.03 bits per heavy atom. The molecule has 0 aliphatic carbocycles. The van der Waals surface area contributed by atoms with Crippen LogP contribution in [0.15, 0.2) is 36.4 Å². The number of rotatable bonds is 7. The van der Waals surface area contributed by atoms with Crippen molar-refractivity contribution < 1.29 is 19.8 Å². The van der Waals surface area contributed by atoms with Crippen LogP contribution in [0.2, 0.25) is 0 Å². The molecule has 2 heterocycles. The summed E-state index contributed by atoms with van der Waals surface area (Å²) in [6.45, 7) is 13.8. The van der Waals surface area contributed by atoms with Crippen molar-refractivity contribution in [3.05, 3.63) is 47.6 Å². The predicted molar refractivity (Wildman–Crippen MR) is 136 cm³/mol. The summed E-state index contributed by atoms with van der Waals surface area (Å²) in [5.74, 6) is -0.828. The Hall–Kier alpha value is -2.64. The molecular formula is C27H39N3O4. The number of aliphatic hydroxyl groups excluding tert-OH is 1. The van der Waals surface area contributed by atoms with E-state index in [9.17, 15) is 19.8 Å². The third-order valence-corrected chi connectivity index (χ3v) is 7.30. The van der Waals surface area contributed by atoms with Crippen LogP contribution in [0.25, 0.3) is 0 Å². The normalized spacial score (nSPS) is 26.0. The lowest BCUT2D eigenvalue weighted by Gasteiger charge is -2.35. The summed E-state index contributed by atoms with van der Waals surface area (Å²) >= 11 is 0. The molecule has 2 aliphatic rings. The van der Waals surface area contributed by atoms with Crippen molar-refractivity contribution in [2.24, 2.45) is 5.92 Å². The van der Waals surface area contributed by atoms with Gasteiger partial charge in [0.2, 0.25) is 5.91 Å². The Balaban J connectivity index is 2.26. The molecule has 0 saturated heterocycles. The van der Waals surface area contributed by atoms with Crippen molar-refractivity contribution >= 4 is 23.2 Å². The minimum Gasteiger partial charge on any atom is -0.394 e. The first kappa shape index (κ1) is 26.0. The van der Waals surface area contributed by atoms with Crippen LogP contribution in [0.4, 0.5) is 11.4 Å². The molecule has 0 radical (unpaired) electrons. The van der Waals surface area contributed by atoms with Crippen LogP contribution in [0, 0.1) is 5.92 Å². The molecule has 1 aromatic rings. The standard InChI is InChI=1S/C27H39N3O4/c1-8-26(6,13-9-10-16(2)3)19-11-12-20-21-22(19)29-25(33)27(21,34)14-18(15-31)28-24(32)23(17(4)5)30(20)7/h8,10-12,17-18,23,31,34H,1,9,13-15H2,2-7H3,(H,28,32)(H,29,33)/t18-,23-,26-,27+/m0/s1. The summed E-state index contributed by atoms with van der Waals surface area (Å²) in [6, 6.07) is 2.56. The van der Waals surface area contributed by atoms with Crippen molar-refractivity contribution in [3.63, 3.8) is 0 Å². The van der Waals surface area contributed by atoms with Crippen LogP contribution in [0.3, 0.4) is 0 Å². The second-order valence-corrected chi connectivity index (χ2v) is 10.5. The smallest absolute Gasteiger partial charge is 0.261 e. The Bertz CT molecular complexity index is 1010. The second-order valence-electron chi connectivity index (χ2n) is 10.5. The fourth-order valence-corrected chi connectivity index (χ4v) is 5.32. The number of aliphatic hydroxyl groups is 2. The molecule has 186 valence electrons. The molecule has 0 saturated carbocycles. The van der Waals surface area contributed by atoms with E-state index in [1.54, 1.807) is 0 Å². The lowest BCUT2D eigenvalue weighted by molar-refractivity contribution is -0.136. The molecule has 0 aromatic heterocycles. The van der Waals surface area contributed by atoms with Gasteiger partial charge in [-0.1, -0.05) is 44.6 Å². The van der Waals surface area contributed by atoms with Gasteiger partial charge in [0, 0.05) is 30.1 Å². The Kier molecular flexibility index (Phi) is 7.29. The number of likely N-dealkylation sites (N-methyl/N-ethyl adjacent to an activating group) is 1. The average molecular weight is 470 g/mol. The van der Waals surface area contributed by atoms with Crippen molar-refractivity contribution in [2.75, 3.05) is 23.9 Å². The van der Waals surface area contributed by atoms with Crippen molar-refractivity contribution in [1.29, 1.82) is 0 Å². The maximum absolute atomic E-state index is 13.3. The molecule has 0 spiro atoms. The maximum Gasteiger partial charge on any atom is 0.261 e. The van der Waals surface area contributed by atoms with Crippen molar-refractivity contribution in [3.8, 4) is 0 Å². The lowest BCUT2D eigenvalue weighted by atomic mass is 9.75. The number of carbonyl (C=O) groups is 2. The van der Waals surface area contributed by atoms with E-state index in [4.69, 9.17) is 0 Å². The van der Waals surface area contributed by atoms with E-state index in [0.717, 1.165) is 18.4 Å². The maximum atomic E-state index is 13.3. The van der Waals surface area contributed by atoms with E-state index in [2.05, 4.69) is 44.1 Å². The Morgan fingerprint density at radius 3 is 2.59 bits per heavy atom. The van der Waals surface area contributed by atoms with Gasteiger partial charge in [0.1, 0.15) is 6.04 Å². The van der Waals surface area contributed by atoms with E-state index in [-0.39, 0.29) is 24.9 Å². The van der Waals surface area contributed by atoms with E-state index in [1.165, 1.54) is 5.57 Å². The predicted octanol–water partition coefficient (Wildman–Crippen LogP) is 3.36. The van der Waals surface area contributed by atoms with Gasteiger partial charge in [0.15, 0.2) is 5.60 Å². The third-order valence-electron chi connectivity index (χ3n) is 7.30. The first-order valence-corrected chi connectivity index (χ1v) is 12.0. The van der Waals surface area contributed by atoms with Crippen LogP contribution < -0.4 is 15.5 Å². The number of hydrogen-bond acceptors (Lipinski definition) is 5. The van der Waals surface area contributed by atoms with Crippen LogP contribution in [0.1, 0.15) is 65.0 Å².